The molecule has 1 aromatic carbocycles. The molecule has 0 aliphatic carbocycles. The summed E-state index contributed by atoms with van der Waals surface area (Å²) in [4.78, 5) is 13.3. The molecule has 0 aliphatic rings. The first kappa shape index (κ1) is 16.6. The topological polar surface area (TPSA) is 59.9 Å². The molecule has 0 spiro atoms. The Morgan fingerprint density at radius 3 is 2.67 bits per heavy atom. The second kappa shape index (κ2) is 7.13. The number of benzene rings is 1. The fourth-order valence-corrected chi connectivity index (χ4v) is 2.77. The summed E-state index contributed by atoms with van der Waals surface area (Å²) in [5.74, 6) is 2.08. The third-order valence-electron chi connectivity index (χ3n) is 3.68. The molecule has 0 amide bonds. The SMILES string of the molecule is CCOc1cc2c(N[C@H](C)c3ccc(Br)cc3)nc(C)nc2cn1. The molecule has 0 aliphatic heterocycles. The molecule has 2 aromatic heterocycles. The van der Waals surface area contributed by atoms with Gasteiger partial charge in [-0.2, -0.15) is 0 Å². The first-order chi connectivity index (χ1) is 11.6. The Morgan fingerprint density at radius 1 is 1.21 bits per heavy atom. The normalized spacial score (nSPS) is 12.2. The molecular formula is C18H19BrN4O. The Bertz CT molecular complexity index is 852. The minimum Gasteiger partial charge on any atom is -0.478 e. The van der Waals surface area contributed by atoms with Crippen molar-refractivity contribution in [1.29, 1.82) is 0 Å². The first-order valence-electron chi connectivity index (χ1n) is 7.86. The smallest absolute Gasteiger partial charge is 0.214 e. The van der Waals surface area contributed by atoms with Crippen LogP contribution >= 0.6 is 15.9 Å². The number of nitrogens with zero attached hydrogens (tertiary/aromatic N) is 3. The Balaban J connectivity index is 1.97. The van der Waals surface area contributed by atoms with Crippen molar-refractivity contribution in [2.24, 2.45) is 0 Å². The molecule has 24 heavy (non-hydrogen) atoms. The van der Waals surface area contributed by atoms with E-state index in [1.54, 1.807) is 6.20 Å². The van der Waals surface area contributed by atoms with Crippen LogP contribution in [-0.2, 0) is 0 Å². The van der Waals surface area contributed by atoms with Gasteiger partial charge >= 0.3 is 0 Å². The lowest BCUT2D eigenvalue weighted by molar-refractivity contribution is 0.327. The van der Waals surface area contributed by atoms with Crippen molar-refractivity contribution in [3.63, 3.8) is 0 Å². The van der Waals surface area contributed by atoms with Gasteiger partial charge in [-0.05, 0) is 38.5 Å². The van der Waals surface area contributed by atoms with Crippen LogP contribution in [0.3, 0.4) is 0 Å². The largest absolute Gasteiger partial charge is 0.478 e. The van der Waals surface area contributed by atoms with Gasteiger partial charge in [0.15, 0.2) is 0 Å². The molecule has 0 unspecified atom stereocenters. The number of aromatic nitrogens is 3. The third-order valence-corrected chi connectivity index (χ3v) is 4.21. The van der Waals surface area contributed by atoms with Gasteiger partial charge in [0.2, 0.25) is 5.88 Å². The second-order valence-corrected chi connectivity index (χ2v) is 6.43. The zero-order valence-corrected chi connectivity index (χ0v) is 15.5. The molecule has 2 heterocycles. The summed E-state index contributed by atoms with van der Waals surface area (Å²) in [7, 11) is 0. The standard InChI is InChI=1S/C18H19BrN4O/c1-4-24-17-9-15-16(10-20-17)22-12(3)23-18(15)21-11(2)13-5-7-14(19)8-6-13/h5-11H,4H2,1-3H3,(H,21,22,23)/t11-/m1/s1. The molecule has 1 atom stereocenters. The summed E-state index contributed by atoms with van der Waals surface area (Å²) < 4.78 is 6.57. The summed E-state index contributed by atoms with van der Waals surface area (Å²) >= 11 is 3.46. The van der Waals surface area contributed by atoms with Gasteiger partial charge in [-0.25, -0.2) is 15.0 Å². The van der Waals surface area contributed by atoms with Crippen molar-refractivity contribution < 1.29 is 4.74 Å². The highest BCUT2D eigenvalue weighted by molar-refractivity contribution is 9.10. The van der Waals surface area contributed by atoms with E-state index in [-0.39, 0.29) is 6.04 Å². The molecule has 0 saturated heterocycles. The lowest BCUT2D eigenvalue weighted by atomic mass is 10.1. The van der Waals surface area contributed by atoms with E-state index in [9.17, 15) is 0 Å². The maximum atomic E-state index is 5.50. The number of hydrogen-bond donors (Lipinski definition) is 1. The molecule has 0 saturated carbocycles. The minimum absolute atomic E-state index is 0.110. The zero-order chi connectivity index (χ0) is 17.1. The van der Waals surface area contributed by atoms with Crippen LogP contribution in [0.4, 0.5) is 5.82 Å². The number of ether oxygens (including phenoxy) is 1. The summed E-state index contributed by atoms with van der Waals surface area (Å²) in [5, 5.41) is 4.39. The number of hydrogen-bond acceptors (Lipinski definition) is 5. The summed E-state index contributed by atoms with van der Waals surface area (Å²) in [6, 6.07) is 10.2. The summed E-state index contributed by atoms with van der Waals surface area (Å²) in [5.41, 5.74) is 1.98. The van der Waals surface area contributed by atoms with Crippen LogP contribution in [0.15, 0.2) is 41.0 Å². The van der Waals surface area contributed by atoms with E-state index in [1.165, 1.54) is 5.56 Å². The number of anilines is 1. The molecule has 1 N–H and O–H groups in total. The van der Waals surface area contributed by atoms with Crippen molar-refractivity contribution in [2.45, 2.75) is 26.8 Å². The highest BCUT2D eigenvalue weighted by Gasteiger charge is 2.12. The monoisotopic (exact) mass is 386 g/mol. The number of nitrogens with one attached hydrogen (secondary N) is 1. The van der Waals surface area contributed by atoms with E-state index in [4.69, 9.17) is 4.74 Å². The number of fused-ring (bicyclic) bond motifs is 1. The van der Waals surface area contributed by atoms with E-state index < -0.39 is 0 Å². The van der Waals surface area contributed by atoms with Gasteiger partial charge in [0.1, 0.15) is 11.6 Å². The van der Waals surface area contributed by atoms with Crippen molar-refractivity contribution in [3.8, 4) is 5.88 Å². The molecule has 124 valence electrons. The quantitative estimate of drug-likeness (QED) is 0.690. The molecule has 0 bridgehead atoms. The Kier molecular flexibility index (Phi) is 4.94. The maximum Gasteiger partial charge on any atom is 0.214 e. The van der Waals surface area contributed by atoms with Crippen molar-refractivity contribution in [1.82, 2.24) is 15.0 Å². The van der Waals surface area contributed by atoms with Crippen molar-refractivity contribution >= 4 is 32.7 Å². The van der Waals surface area contributed by atoms with E-state index in [1.807, 2.05) is 32.0 Å². The van der Waals surface area contributed by atoms with E-state index in [0.717, 1.165) is 21.2 Å². The van der Waals surface area contributed by atoms with Crippen LogP contribution in [0.5, 0.6) is 5.88 Å². The van der Waals surface area contributed by atoms with Gasteiger partial charge in [0.25, 0.3) is 0 Å². The Morgan fingerprint density at radius 2 is 1.96 bits per heavy atom. The predicted octanol–water partition coefficient (Wildman–Crippen LogP) is 4.67. The van der Waals surface area contributed by atoms with Gasteiger partial charge in [0.05, 0.1) is 18.3 Å². The van der Waals surface area contributed by atoms with Gasteiger partial charge < -0.3 is 10.1 Å². The van der Waals surface area contributed by atoms with Crippen LogP contribution < -0.4 is 10.1 Å². The number of halogens is 1. The Labute approximate surface area is 149 Å². The lowest BCUT2D eigenvalue weighted by Crippen LogP contribution is -2.09. The van der Waals surface area contributed by atoms with Crippen molar-refractivity contribution in [3.05, 3.63) is 52.4 Å². The van der Waals surface area contributed by atoms with Gasteiger partial charge in [-0.1, -0.05) is 28.1 Å². The van der Waals surface area contributed by atoms with E-state index in [0.29, 0.717) is 18.3 Å². The highest BCUT2D eigenvalue weighted by Crippen LogP contribution is 2.27. The molecule has 0 radical (unpaired) electrons. The first-order valence-corrected chi connectivity index (χ1v) is 8.65. The van der Waals surface area contributed by atoms with Crippen LogP contribution in [-0.4, -0.2) is 21.6 Å². The van der Waals surface area contributed by atoms with E-state index >= 15 is 0 Å². The summed E-state index contributed by atoms with van der Waals surface area (Å²) in [6.45, 7) is 6.50. The Hall–Kier alpha value is -2.21. The fraction of sp³-hybridized carbons (Fsp3) is 0.278. The molecular weight excluding hydrogens is 368 g/mol. The van der Waals surface area contributed by atoms with Gasteiger partial charge in [0, 0.05) is 22.0 Å². The van der Waals surface area contributed by atoms with Gasteiger partial charge in [-0.3, -0.25) is 0 Å². The molecule has 5 nitrogen and oxygen atoms in total. The van der Waals surface area contributed by atoms with Crippen LogP contribution in [0, 0.1) is 6.92 Å². The average Bonchev–Trinajstić information content (AvgIpc) is 2.56. The lowest BCUT2D eigenvalue weighted by Gasteiger charge is -2.17. The van der Waals surface area contributed by atoms with Crippen LogP contribution in [0.2, 0.25) is 0 Å². The van der Waals surface area contributed by atoms with Crippen LogP contribution in [0.25, 0.3) is 10.9 Å². The zero-order valence-electron chi connectivity index (χ0n) is 13.9. The van der Waals surface area contributed by atoms with E-state index in [2.05, 4.69) is 55.3 Å². The third kappa shape index (κ3) is 3.64. The second-order valence-electron chi connectivity index (χ2n) is 5.51. The number of rotatable bonds is 5. The summed E-state index contributed by atoms with van der Waals surface area (Å²) in [6.07, 6.45) is 1.73. The van der Waals surface area contributed by atoms with Crippen molar-refractivity contribution in [2.75, 3.05) is 11.9 Å². The maximum absolute atomic E-state index is 5.50. The average molecular weight is 387 g/mol. The molecule has 3 rings (SSSR count). The highest BCUT2D eigenvalue weighted by atomic mass is 79.9. The predicted molar refractivity (Wildman–Crippen MR) is 99.4 cm³/mol. The number of pyridine rings is 1. The number of aryl methyl sites for hydroxylation is 1. The van der Waals surface area contributed by atoms with Gasteiger partial charge in [-0.15, -0.1) is 0 Å². The minimum atomic E-state index is 0.110. The molecule has 6 heteroatoms. The fourth-order valence-electron chi connectivity index (χ4n) is 2.51. The molecule has 3 aromatic rings. The van der Waals surface area contributed by atoms with Crippen LogP contribution in [0.1, 0.15) is 31.3 Å². The molecule has 0 fully saturated rings.